The molecule has 2 N–H and O–H groups in total. The Balaban J connectivity index is 0.00000392. The lowest BCUT2D eigenvalue weighted by atomic mass is 10.1. The van der Waals surface area contributed by atoms with Crippen LogP contribution in [0.1, 0.15) is 33.3 Å². The highest BCUT2D eigenvalue weighted by molar-refractivity contribution is 14.0. The fourth-order valence-electron chi connectivity index (χ4n) is 3.44. The molecule has 6 nitrogen and oxygen atoms in total. The van der Waals surface area contributed by atoms with Gasteiger partial charge in [-0.2, -0.15) is 0 Å². The number of ether oxygens (including phenoxy) is 2. The van der Waals surface area contributed by atoms with Crippen molar-refractivity contribution < 1.29 is 9.47 Å². The Bertz CT molecular complexity index is 624. The van der Waals surface area contributed by atoms with E-state index in [-0.39, 0.29) is 24.0 Å². The van der Waals surface area contributed by atoms with Crippen LogP contribution in [0.2, 0.25) is 0 Å². The summed E-state index contributed by atoms with van der Waals surface area (Å²) < 4.78 is 10.7. The number of methoxy groups -OCH3 is 2. The Hall–Kier alpha value is -1.22. The minimum absolute atomic E-state index is 0. The van der Waals surface area contributed by atoms with E-state index >= 15 is 0 Å². The molecule has 0 saturated carbocycles. The lowest BCUT2D eigenvalue weighted by Gasteiger charge is -2.22. The summed E-state index contributed by atoms with van der Waals surface area (Å²) >= 11 is 0. The van der Waals surface area contributed by atoms with Gasteiger partial charge in [-0.15, -0.1) is 24.0 Å². The molecular weight excluding hydrogens is 467 g/mol. The second kappa shape index (κ2) is 12.4. The summed E-state index contributed by atoms with van der Waals surface area (Å²) in [6.45, 7) is 12.7. The lowest BCUT2D eigenvalue weighted by molar-refractivity contribution is 0.265. The Morgan fingerprint density at radius 2 is 1.93 bits per heavy atom. The summed E-state index contributed by atoms with van der Waals surface area (Å²) in [5, 5.41) is 7.01. The van der Waals surface area contributed by atoms with Gasteiger partial charge in [0.25, 0.3) is 0 Å². The number of halogens is 1. The van der Waals surface area contributed by atoms with Crippen LogP contribution in [0.5, 0.6) is 11.5 Å². The van der Waals surface area contributed by atoms with Gasteiger partial charge in [-0.1, -0.05) is 13.0 Å². The van der Waals surface area contributed by atoms with E-state index in [2.05, 4.69) is 49.3 Å². The maximum atomic E-state index is 5.38. The van der Waals surface area contributed by atoms with Crippen LogP contribution in [0.4, 0.5) is 0 Å². The molecule has 1 aromatic carbocycles. The van der Waals surface area contributed by atoms with Gasteiger partial charge < -0.3 is 20.1 Å². The summed E-state index contributed by atoms with van der Waals surface area (Å²) in [7, 11) is 3.32. The Morgan fingerprint density at radius 1 is 1.21 bits per heavy atom. The topological polar surface area (TPSA) is 58.1 Å². The number of likely N-dealkylation sites (tertiary alicyclic amines) is 1. The second-order valence-electron chi connectivity index (χ2n) is 7.48. The average Bonchev–Trinajstić information content (AvgIpc) is 3.02. The van der Waals surface area contributed by atoms with Crippen LogP contribution in [0, 0.1) is 5.92 Å². The molecule has 1 aromatic rings. The predicted molar refractivity (Wildman–Crippen MR) is 127 cm³/mol. The largest absolute Gasteiger partial charge is 0.493 e. The van der Waals surface area contributed by atoms with Crippen molar-refractivity contribution in [3.05, 3.63) is 23.8 Å². The van der Waals surface area contributed by atoms with E-state index < -0.39 is 0 Å². The van der Waals surface area contributed by atoms with Crippen LogP contribution in [-0.2, 0) is 6.42 Å². The summed E-state index contributed by atoms with van der Waals surface area (Å²) in [4.78, 5) is 7.30. The van der Waals surface area contributed by atoms with Crippen LogP contribution < -0.4 is 20.1 Å². The summed E-state index contributed by atoms with van der Waals surface area (Å²) in [6.07, 6.45) is 0.856. The molecule has 1 heterocycles. The molecule has 7 heteroatoms. The van der Waals surface area contributed by atoms with Gasteiger partial charge >= 0.3 is 0 Å². The normalized spacial score (nSPS) is 20.0. The SMILES string of the molecule is CCNC(=NCCc1ccc(OC)c(OC)c1)NC1CN(C(C)C)CC1C.I. The van der Waals surface area contributed by atoms with Crippen LogP contribution in [0.25, 0.3) is 0 Å². The van der Waals surface area contributed by atoms with Crippen molar-refractivity contribution in [2.75, 3.05) is 40.4 Å². The van der Waals surface area contributed by atoms with Gasteiger partial charge in [0.2, 0.25) is 0 Å². The first-order chi connectivity index (χ1) is 13.0. The Labute approximate surface area is 187 Å². The van der Waals surface area contributed by atoms with Crippen molar-refractivity contribution in [3.8, 4) is 11.5 Å². The maximum absolute atomic E-state index is 5.38. The van der Waals surface area contributed by atoms with Crippen molar-refractivity contribution in [3.63, 3.8) is 0 Å². The molecular formula is C21H37IN4O2. The van der Waals surface area contributed by atoms with Gasteiger partial charge in [0, 0.05) is 38.3 Å². The van der Waals surface area contributed by atoms with E-state index in [4.69, 9.17) is 14.5 Å². The van der Waals surface area contributed by atoms with Gasteiger partial charge in [-0.3, -0.25) is 9.89 Å². The number of guanidine groups is 1. The van der Waals surface area contributed by atoms with E-state index in [0.29, 0.717) is 18.0 Å². The molecule has 2 atom stereocenters. The molecule has 28 heavy (non-hydrogen) atoms. The zero-order chi connectivity index (χ0) is 19.8. The van der Waals surface area contributed by atoms with Crippen molar-refractivity contribution in [2.45, 2.75) is 46.2 Å². The third kappa shape index (κ3) is 6.99. The molecule has 0 radical (unpaired) electrons. The quantitative estimate of drug-likeness (QED) is 0.324. The number of rotatable bonds is 8. The average molecular weight is 504 g/mol. The minimum atomic E-state index is 0. The first-order valence-corrected chi connectivity index (χ1v) is 9.98. The van der Waals surface area contributed by atoms with Gasteiger partial charge in [0.1, 0.15) is 0 Å². The zero-order valence-electron chi connectivity index (χ0n) is 18.1. The van der Waals surface area contributed by atoms with E-state index in [1.54, 1.807) is 14.2 Å². The third-order valence-electron chi connectivity index (χ3n) is 5.16. The summed E-state index contributed by atoms with van der Waals surface area (Å²) in [6, 6.07) is 7.06. The molecule has 0 aliphatic carbocycles. The van der Waals surface area contributed by atoms with Crippen molar-refractivity contribution in [2.24, 2.45) is 10.9 Å². The number of benzene rings is 1. The lowest BCUT2D eigenvalue weighted by Crippen LogP contribution is -2.46. The number of aliphatic imine (C=N–C) groups is 1. The second-order valence-corrected chi connectivity index (χ2v) is 7.48. The van der Waals surface area contributed by atoms with E-state index in [0.717, 1.165) is 50.1 Å². The fourth-order valence-corrected chi connectivity index (χ4v) is 3.44. The first kappa shape index (κ1) is 24.8. The molecule has 1 saturated heterocycles. The smallest absolute Gasteiger partial charge is 0.191 e. The van der Waals surface area contributed by atoms with E-state index in [1.165, 1.54) is 5.56 Å². The number of nitrogens with zero attached hydrogens (tertiary/aromatic N) is 2. The molecule has 0 bridgehead atoms. The highest BCUT2D eigenvalue weighted by Gasteiger charge is 2.31. The zero-order valence-corrected chi connectivity index (χ0v) is 20.4. The minimum Gasteiger partial charge on any atom is -0.493 e. The molecule has 2 rings (SSSR count). The van der Waals surface area contributed by atoms with E-state index in [1.807, 2.05) is 12.1 Å². The summed E-state index contributed by atoms with van der Waals surface area (Å²) in [5.41, 5.74) is 1.19. The molecule has 0 spiro atoms. The molecule has 1 aliphatic rings. The number of nitrogens with one attached hydrogen (secondary N) is 2. The Kier molecular flexibility index (Phi) is 11.0. The van der Waals surface area contributed by atoms with Crippen LogP contribution in [-0.4, -0.2) is 63.3 Å². The fraction of sp³-hybridized carbons (Fsp3) is 0.667. The predicted octanol–water partition coefficient (Wildman–Crippen LogP) is 3.15. The summed E-state index contributed by atoms with van der Waals surface area (Å²) in [5.74, 6) is 3.03. The Morgan fingerprint density at radius 3 is 2.50 bits per heavy atom. The van der Waals surface area contributed by atoms with Crippen LogP contribution in [0.3, 0.4) is 0 Å². The molecule has 1 aliphatic heterocycles. The molecule has 1 fully saturated rings. The molecule has 0 amide bonds. The van der Waals surface area contributed by atoms with Crippen molar-refractivity contribution in [1.82, 2.24) is 15.5 Å². The highest BCUT2D eigenvalue weighted by Crippen LogP contribution is 2.27. The van der Waals surface area contributed by atoms with Gasteiger partial charge in [0.15, 0.2) is 17.5 Å². The molecule has 0 aromatic heterocycles. The molecule has 160 valence electrons. The third-order valence-corrected chi connectivity index (χ3v) is 5.16. The number of hydrogen-bond acceptors (Lipinski definition) is 4. The van der Waals surface area contributed by atoms with Gasteiger partial charge in [-0.05, 0) is 50.8 Å². The van der Waals surface area contributed by atoms with Crippen LogP contribution >= 0.6 is 24.0 Å². The maximum Gasteiger partial charge on any atom is 0.191 e. The standard InChI is InChI=1S/C21H36N4O2.HI/c1-7-22-21(24-18-14-25(15(2)3)13-16(18)4)23-11-10-17-8-9-19(26-5)20(12-17)27-6;/h8-9,12,15-16,18H,7,10-11,13-14H2,1-6H3,(H2,22,23,24);1H. The van der Waals surface area contributed by atoms with Crippen LogP contribution in [0.15, 0.2) is 23.2 Å². The number of hydrogen-bond donors (Lipinski definition) is 2. The highest BCUT2D eigenvalue weighted by atomic mass is 127. The van der Waals surface area contributed by atoms with Crippen molar-refractivity contribution >= 4 is 29.9 Å². The monoisotopic (exact) mass is 504 g/mol. The first-order valence-electron chi connectivity index (χ1n) is 9.98. The van der Waals surface area contributed by atoms with Gasteiger partial charge in [0.05, 0.1) is 14.2 Å². The molecule has 2 unspecified atom stereocenters. The van der Waals surface area contributed by atoms with Crippen molar-refractivity contribution in [1.29, 1.82) is 0 Å². The van der Waals surface area contributed by atoms with Gasteiger partial charge in [-0.25, -0.2) is 0 Å². The van der Waals surface area contributed by atoms with E-state index in [9.17, 15) is 0 Å².